The van der Waals surface area contributed by atoms with Crippen molar-refractivity contribution in [2.24, 2.45) is 0 Å². The molecule has 0 bridgehead atoms. The van der Waals surface area contributed by atoms with Gasteiger partial charge < -0.3 is 10.1 Å². The van der Waals surface area contributed by atoms with Crippen LogP contribution in [0.3, 0.4) is 0 Å². The Morgan fingerprint density at radius 2 is 1.90 bits per heavy atom. The Bertz CT molecular complexity index is 587. The molecule has 0 fully saturated rings. The molecule has 0 aliphatic carbocycles. The first kappa shape index (κ1) is 14.3. The van der Waals surface area contributed by atoms with Gasteiger partial charge in [0.1, 0.15) is 4.60 Å². The van der Waals surface area contributed by atoms with Gasteiger partial charge in [-0.05, 0) is 52.3 Å². The van der Waals surface area contributed by atoms with Gasteiger partial charge in [-0.25, -0.2) is 9.78 Å². The molecule has 0 radical (unpaired) electrons. The minimum atomic E-state index is -0.482. The zero-order valence-electron chi connectivity index (χ0n) is 10.9. The third-order valence-electron chi connectivity index (χ3n) is 2.56. The number of methoxy groups -OCH3 is 1. The minimum Gasteiger partial charge on any atom is -0.453 e. The Morgan fingerprint density at radius 1 is 1.20 bits per heavy atom. The average molecular weight is 336 g/mol. The van der Waals surface area contributed by atoms with E-state index in [1.807, 2.05) is 30.3 Å². The van der Waals surface area contributed by atoms with Crippen molar-refractivity contribution in [3.63, 3.8) is 0 Å². The predicted molar refractivity (Wildman–Crippen MR) is 81.7 cm³/mol. The second-order valence-corrected chi connectivity index (χ2v) is 4.81. The van der Waals surface area contributed by atoms with Crippen LogP contribution in [-0.2, 0) is 11.3 Å². The Morgan fingerprint density at radius 3 is 2.55 bits per heavy atom. The van der Waals surface area contributed by atoms with Crippen LogP contribution in [0.4, 0.5) is 16.2 Å². The maximum Gasteiger partial charge on any atom is 0.411 e. The summed E-state index contributed by atoms with van der Waals surface area (Å²) < 4.78 is 5.34. The van der Waals surface area contributed by atoms with Crippen molar-refractivity contribution >= 4 is 33.4 Å². The lowest BCUT2D eigenvalue weighted by Gasteiger charge is -2.08. The van der Waals surface area contributed by atoms with Crippen LogP contribution in [0.25, 0.3) is 0 Å². The van der Waals surface area contributed by atoms with E-state index in [4.69, 9.17) is 0 Å². The van der Waals surface area contributed by atoms with E-state index in [2.05, 4.69) is 36.3 Å². The largest absolute Gasteiger partial charge is 0.453 e. The number of ether oxygens (including phenoxy) is 1. The monoisotopic (exact) mass is 335 g/mol. The van der Waals surface area contributed by atoms with E-state index >= 15 is 0 Å². The molecule has 2 N–H and O–H groups in total. The molecule has 1 aromatic heterocycles. The van der Waals surface area contributed by atoms with E-state index in [0.717, 1.165) is 16.0 Å². The van der Waals surface area contributed by atoms with Crippen molar-refractivity contribution in [3.05, 3.63) is 52.8 Å². The number of hydrogen-bond donors (Lipinski definition) is 2. The highest BCUT2D eigenvalue weighted by atomic mass is 79.9. The molecule has 0 aliphatic heterocycles. The number of carbonyl (C=O) groups excluding carboxylic acids is 1. The Hall–Kier alpha value is -2.08. The summed E-state index contributed by atoms with van der Waals surface area (Å²) in [4.78, 5) is 15.4. The zero-order valence-corrected chi connectivity index (χ0v) is 12.5. The molecule has 6 heteroatoms. The lowest BCUT2D eigenvalue weighted by molar-refractivity contribution is 0.187. The van der Waals surface area contributed by atoms with E-state index in [0.29, 0.717) is 12.2 Å². The molecule has 2 rings (SSSR count). The van der Waals surface area contributed by atoms with Crippen LogP contribution in [0, 0.1) is 0 Å². The standard InChI is InChI=1S/C14H14BrN3O2/c1-20-14(19)18-11-7-5-10(6-8-11)16-9-12-3-2-4-13(15)17-12/h2-8,16H,9H2,1H3,(H,18,19). The summed E-state index contributed by atoms with van der Waals surface area (Å²) in [6.07, 6.45) is -0.482. The molecule has 0 saturated heterocycles. The van der Waals surface area contributed by atoms with Gasteiger partial charge in [0, 0.05) is 11.4 Å². The number of nitrogens with one attached hydrogen (secondary N) is 2. The van der Waals surface area contributed by atoms with Crippen LogP contribution >= 0.6 is 15.9 Å². The normalized spacial score (nSPS) is 9.90. The van der Waals surface area contributed by atoms with Gasteiger partial charge >= 0.3 is 6.09 Å². The van der Waals surface area contributed by atoms with Crippen LogP contribution in [0.2, 0.25) is 0 Å². The number of benzene rings is 1. The van der Waals surface area contributed by atoms with Gasteiger partial charge in [-0.2, -0.15) is 0 Å². The summed E-state index contributed by atoms with van der Waals surface area (Å²) in [5.74, 6) is 0. The molecule has 20 heavy (non-hydrogen) atoms. The third-order valence-corrected chi connectivity index (χ3v) is 3.00. The van der Waals surface area contributed by atoms with Crippen LogP contribution in [0.1, 0.15) is 5.69 Å². The molecule has 0 spiro atoms. The number of halogens is 1. The highest BCUT2D eigenvalue weighted by Gasteiger charge is 2.00. The Kier molecular flexibility index (Phi) is 4.95. The number of aromatic nitrogens is 1. The molecule has 104 valence electrons. The molecule has 1 heterocycles. The van der Waals surface area contributed by atoms with Crippen LogP contribution in [0.5, 0.6) is 0 Å². The summed E-state index contributed by atoms with van der Waals surface area (Å²) in [6, 6.07) is 13.1. The first-order valence-electron chi connectivity index (χ1n) is 5.98. The van der Waals surface area contributed by atoms with Crippen molar-refractivity contribution in [2.75, 3.05) is 17.7 Å². The van der Waals surface area contributed by atoms with E-state index in [1.165, 1.54) is 7.11 Å². The van der Waals surface area contributed by atoms with E-state index in [1.54, 1.807) is 12.1 Å². The van der Waals surface area contributed by atoms with Crippen molar-refractivity contribution in [2.45, 2.75) is 6.54 Å². The van der Waals surface area contributed by atoms with Crippen molar-refractivity contribution in [1.82, 2.24) is 4.98 Å². The second kappa shape index (κ2) is 6.91. The van der Waals surface area contributed by atoms with Crippen molar-refractivity contribution < 1.29 is 9.53 Å². The molecule has 0 aliphatic rings. The number of pyridine rings is 1. The average Bonchev–Trinajstić information content (AvgIpc) is 2.46. The Balaban J connectivity index is 1.92. The number of amides is 1. The molecule has 1 aromatic carbocycles. The number of anilines is 2. The van der Waals surface area contributed by atoms with Gasteiger partial charge in [0.15, 0.2) is 0 Å². The predicted octanol–water partition coefficient (Wildman–Crippen LogP) is 3.63. The lowest BCUT2D eigenvalue weighted by Crippen LogP contribution is -2.10. The van der Waals surface area contributed by atoms with Crippen molar-refractivity contribution in [1.29, 1.82) is 0 Å². The fourth-order valence-electron chi connectivity index (χ4n) is 1.58. The van der Waals surface area contributed by atoms with Crippen molar-refractivity contribution in [3.8, 4) is 0 Å². The first-order chi connectivity index (χ1) is 9.67. The van der Waals surface area contributed by atoms with Gasteiger partial charge in [-0.15, -0.1) is 0 Å². The maximum absolute atomic E-state index is 11.0. The summed E-state index contributed by atoms with van der Waals surface area (Å²) in [6.45, 7) is 0.628. The second-order valence-electron chi connectivity index (χ2n) is 4.00. The molecule has 0 saturated carbocycles. The van der Waals surface area contributed by atoms with Crippen LogP contribution < -0.4 is 10.6 Å². The molecule has 2 aromatic rings. The quantitative estimate of drug-likeness (QED) is 0.837. The molecule has 5 nitrogen and oxygen atoms in total. The summed E-state index contributed by atoms with van der Waals surface area (Å²) in [5.41, 5.74) is 2.57. The molecule has 0 atom stereocenters. The number of hydrogen-bond acceptors (Lipinski definition) is 4. The number of nitrogens with zero attached hydrogens (tertiary/aromatic N) is 1. The van der Waals surface area contributed by atoms with Gasteiger partial charge in [0.25, 0.3) is 0 Å². The summed E-state index contributed by atoms with van der Waals surface area (Å²) in [5, 5.41) is 5.85. The van der Waals surface area contributed by atoms with Gasteiger partial charge in [0.05, 0.1) is 19.3 Å². The summed E-state index contributed by atoms with van der Waals surface area (Å²) in [7, 11) is 1.33. The number of rotatable bonds is 4. The van der Waals surface area contributed by atoms with E-state index in [9.17, 15) is 4.79 Å². The SMILES string of the molecule is COC(=O)Nc1ccc(NCc2cccc(Br)n2)cc1. The van der Waals surface area contributed by atoms with E-state index < -0.39 is 6.09 Å². The summed E-state index contributed by atoms with van der Waals surface area (Å²) >= 11 is 3.34. The number of carbonyl (C=O) groups is 1. The zero-order chi connectivity index (χ0) is 14.4. The maximum atomic E-state index is 11.0. The molecular weight excluding hydrogens is 322 g/mol. The highest BCUT2D eigenvalue weighted by Crippen LogP contribution is 2.15. The third kappa shape index (κ3) is 4.24. The van der Waals surface area contributed by atoms with Gasteiger partial charge in [-0.3, -0.25) is 5.32 Å². The minimum absolute atomic E-state index is 0.482. The van der Waals surface area contributed by atoms with E-state index in [-0.39, 0.29) is 0 Å². The van der Waals surface area contributed by atoms with Crippen LogP contribution in [-0.4, -0.2) is 18.2 Å². The molecular formula is C14H14BrN3O2. The smallest absolute Gasteiger partial charge is 0.411 e. The lowest BCUT2D eigenvalue weighted by atomic mass is 10.2. The topological polar surface area (TPSA) is 63.2 Å². The van der Waals surface area contributed by atoms with Gasteiger partial charge in [-0.1, -0.05) is 6.07 Å². The first-order valence-corrected chi connectivity index (χ1v) is 6.77. The highest BCUT2D eigenvalue weighted by molar-refractivity contribution is 9.10. The van der Waals surface area contributed by atoms with Crippen LogP contribution in [0.15, 0.2) is 47.1 Å². The fraction of sp³-hybridized carbons (Fsp3) is 0.143. The molecule has 0 unspecified atom stereocenters. The molecule has 1 amide bonds. The fourth-order valence-corrected chi connectivity index (χ4v) is 1.96. The Labute approximate surface area is 125 Å². The van der Waals surface area contributed by atoms with Gasteiger partial charge in [0.2, 0.25) is 0 Å².